The number of hydrogen-bond acceptors (Lipinski definition) is 8. The molecule has 11 heteroatoms. The van der Waals surface area contributed by atoms with E-state index in [-0.39, 0.29) is 42.8 Å². The molecule has 3 aromatic rings. The molecule has 1 fully saturated rings. The highest BCUT2D eigenvalue weighted by molar-refractivity contribution is 5.95. The third-order valence-electron chi connectivity index (χ3n) is 8.48. The van der Waals surface area contributed by atoms with E-state index in [4.69, 9.17) is 18.9 Å². The first kappa shape index (κ1) is 31.4. The molecule has 6 rings (SSSR count). The average molecular weight is 629 g/mol. The molecule has 46 heavy (non-hydrogen) atoms. The maximum atomic E-state index is 13.5. The molecule has 2 N–H and O–H groups in total. The van der Waals surface area contributed by atoms with Crippen LogP contribution in [0.4, 0.5) is 0 Å². The van der Waals surface area contributed by atoms with E-state index in [1.54, 1.807) is 18.2 Å². The summed E-state index contributed by atoms with van der Waals surface area (Å²) in [4.78, 5) is 43.5. The van der Waals surface area contributed by atoms with Crippen molar-refractivity contribution in [3.8, 4) is 23.0 Å². The van der Waals surface area contributed by atoms with Gasteiger partial charge in [0.2, 0.25) is 11.8 Å². The number of ether oxygens (including phenoxy) is 4. The molecule has 0 saturated carbocycles. The molecular weight excluding hydrogens is 588 g/mol. The summed E-state index contributed by atoms with van der Waals surface area (Å²) >= 11 is 0. The van der Waals surface area contributed by atoms with Gasteiger partial charge in [-0.1, -0.05) is 30.3 Å². The maximum Gasteiger partial charge on any atom is 0.251 e. The minimum absolute atomic E-state index is 0.0129. The van der Waals surface area contributed by atoms with Gasteiger partial charge in [0.05, 0.1) is 32.4 Å². The predicted molar refractivity (Wildman–Crippen MR) is 170 cm³/mol. The molecule has 0 spiro atoms. The minimum atomic E-state index is -0.376. The second kappa shape index (κ2) is 14.7. The Morgan fingerprint density at radius 3 is 2.80 bits per heavy atom. The summed E-state index contributed by atoms with van der Waals surface area (Å²) in [6.45, 7) is 3.59. The van der Waals surface area contributed by atoms with Crippen molar-refractivity contribution < 1.29 is 33.3 Å². The second-order valence-corrected chi connectivity index (χ2v) is 11.8. The van der Waals surface area contributed by atoms with Gasteiger partial charge in [-0.2, -0.15) is 0 Å². The van der Waals surface area contributed by atoms with E-state index in [1.807, 2.05) is 53.4 Å². The molecule has 0 radical (unpaired) electrons. The highest BCUT2D eigenvalue weighted by atomic mass is 16.5. The summed E-state index contributed by atoms with van der Waals surface area (Å²) in [5, 5.41) is 6.01. The maximum absolute atomic E-state index is 13.5. The van der Waals surface area contributed by atoms with Crippen LogP contribution in [0.1, 0.15) is 40.7 Å². The third kappa shape index (κ3) is 7.96. The number of hydrogen-bond donors (Lipinski definition) is 2. The molecule has 4 bridgehead atoms. The van der Waals surface area contributed by atoms with E-state index >= 15 is 0 Å². The van der Waals surface area contributed by atoms with Crippen LogP contribution in [-0.2, 0) is 27.5 Å². The molecule has 0 aromatic heterocycles. The Balaban J connectivity index is 1.15. The number of rotatable bonds is 3. The van der Waals surface area contributed by atoms with Crippen molar-refractivity contribution in [3.63, 3.8) is 0 Å². The smallest absolute Gasteiger partial charge is 0.251 e. The van der Waals surface area contributed by atoms with Gasteiger partial charge in [-0.05, 0) is 48.7 Å². The van der Waals surface area contributed by atoms with Crippen molar-refractivity contribution in [1.82, 2.24) is 20.4 Å². The van der Waals surface area contributed by atoms with Crippen LogP contribution in [0.15, 0.2) is 66.7 Å². The molecule has 2 atom stereocenters. The van der Waals surface area contributed by atoms with Crippen LogP contribution in [-0.4, -0.2) is 86.1 Å². The summed E-state index contributed by atoms with van der Waals surface area (Å²) in [6, 6.07) is 20.1. The summed E-state index contributed by atoms with van der Waals surface area (Å²) < 4.78 is 23.8. The molecule has 0 aliphatic carbocycles. The van der Waals surface area contributed by atoms with Crippen LogP contribution in [0.2, 0.25) is 0 Å². The largest absolute Gasteiger partial charge is 0.497 e. The standard InChI is InChI=1S/C35H40N4O7/c1-43-28-17-26-18-29(19-28)46-27-8-4-6-24(16-27)23-45-32-11-13-39(21-30(32)37-33(40)10-5-12-36-35(26)42)34(41)22-38-14-15-44-31-9-3-2-7-25(31)20-38/h2-4,6-9,16-19,30,32H,5,10-15,20-23H2,1H3,(H,36,42)(H,37,40)/t30-,32-/m0/s1. The van der Waals surface area contributed by atoms with Gasteiger partial charge in [-0.25, -0.2) is 0 Å². The van der Waals surface area contributed by atoms with E-state index < -0.39 is 0 Å². The molecule has 3 heterocycles. The number of nitrogens with zero attached hydrogens (tertiary/aromatic N) is 2. The van der Waals surface area contributed by atoms with Gasteiger partial charge in [0.15, 0.2) is 0 Å². The lowest BCUT2D eigenvalue weighted by Crippen LogP contribution is -2.58. The Hall–Kier alpha value is -4.61. The van der Waals surface area contributed by atoms with Crippen molar-refractivity contribution >= 4 is 17.7 Å². The Morgan fingerprint density at radius 2 is 1.91 bits per heavy atom. The fourth-order valence-electron chi connectivity index (χ4n) is 6.05. The summed E-state index contributed by atoms with van der Waals surface area (Å²) in [7, 11) is 1.54. The first-order valence-corrected chi connectivity index (χ1v) is 15.8. The van der Waals surface area contributed by atoms with Gasteiger partial charge in [0, 0.05) is 56.3 Å². The Labute approximate surface area is 268 Å². The first-order chi connectivity index (χ1) is 22.4. The summed E-state index contributed by atoms with van der Waals surface area (Å²) in [6.07, 6.45) is 0.978. The van der Waals surface area contributed by atoms with E-state index in [9.17, 15) is 14.4 Å². The van der Waals surface area contributed by atoms with Crippen LogP contribution in [0, 0.1) is 0 Å². The van der Waals surface area contributed by atoms with Crippen molar-refractivity contribution in [1.29, 1.82) is 0 Å². The van der Waals surface area contributed by atoms with Gasteiger partial charge in [-0.3, -0.25) is 19.3 Å². The lowest BCUT2D eigenvalue weighted by molar-refractivity contribution is -0.138. The number of nitrogens with one attached hydrogen (secondary N) is 2. The Bertz CT molecular complexity index is 1560. The van der Waals surface area contributed by atoms with Crippen LogP contribution < -0.4 is 24.8 Å². The highest BCUT2D eigenvalue weighted by Gasteiger charge is 2.34. The molecule has 242 valence electrons. The number of amides is 3. The zero-order chi connectivity index (χ0) is 31.9. The number of piperidine rings is 1. The number of carbonyl (C=O) groups excluding carboxylic acids is 3. The molecule has 3 aromatic carbocycles. The number of methoxy groups -OCH3 is 1. The van der Waals surface area contributed by atoms with Crippen molar-refractivity contribution in [2.24, 2.45) is 0 Å². The normalized spacial score (nSPS) is 21.0. The Morgan fingerprint density at radius 1 is 1.02 bits per heavy atom. The van der Waals surface area contributed by atoms with Crippen LogP contribution in [0.5, 0.6) is 23.0 Å². The van der Waals surface area contributed by atoms with Crippen molar-refractivity contribution in [2.45, 2.75) is 44.6 Å². The lowest BCUT2D eigenvalue weighted by atomic mass is 10.0. The number of fused-ring (bicyclic) bond motifs is 6. The number of likely N-dealkylation sites (tertiary alicyclic amines) is 1. The molecule has 0 unspecified atom stereocenters. The van der Waals surface area contributed by atoms with Crippen LogP contribution in [0.3, 0.4) is 0 Å². The molecule has 11 nitrogen and oxygen atoms in total. The van der Waals surface area contributed by atoms with E-state index in [2.05, 4.69) is 15.5 Å². The van der Waals surface area contributed by atoms with Crippen LogP contribution >= 0.6 is 0 Å². The van der Waals surface area contributed by atoms with E-state index in [1.165, 1.54) is 7.11 Å². The molecule has 1 saturated heterocycles. The number of benzene rings is 3. The number of para-hydroxylation sites is 1. The fraction of sp³-hybridized carbons (Fsp3) is 0.400. The van der Waals surface area contributed by atoms with Gasteiger partial charge in [-0.15, -0.1) is 0 Å². The zero-order valence-electron chi connectivity index (χ0n) is 26.0. The van der Waals surface area contributed by atoms with E-state index in [0.29, 0.717) is 81.6 Å². The monoisotopic (exact) mass is 628 g/mol. The first-order valence-electron chi connectivity index (χ1n) is 15.8. The van der Waals surface area contributed by atoms with Gasteiger partial charge < -0.3 is 34.5 Å². The molecule has 3 aliphatic heterocycles. The van der Waals surface area contributed by atoms with Gasteiger partial charge in [0.1, 0.15) is 29.6 Å². The topological polar surface area (TPSA) is 119 Å². The quantitative estimate of drug-likeness (QED) is 0.453. The van der Waals surface area contributed by atoms with E-state index in [0.717, 1.165) is 16.9 Å². The van der Waals surface area contributed by atoms with Crippen molar-refractivity contribution in [2.75, 3.05) is 46.4 Å². The zero-order valence-corrected chi connectivity index (χ0v) is 26.0. The summed E-state index contributed by atoms with van der Waals surface area (Å²) in [5.74, 6) is 2.00. The SMILES string of the molecule is COc1cc2cc(c1)C(=O)NCCCC(=O)N[C@H]1CN(C(=O)CN3CCOc4ccccc4C3)CC[C@@H]1OCc1cccc(c1)O2. The molecular formula is C35H40N4O7. The van der Waals surface area contributed by atoms with Gasteiger partial charge in [0.25, 0.3) is 5.91 Å². The predicted octanol–water partition coefficient (Wildman–Crippen LogP) is 3.51. The molecule has 3 amide bonds. The Kier molecular flexibility index (Phi) is 10.00. The van der Waals surface area contributed by atoms with Crippen LogP contribution in [0.25, 0.3) is 0 Å². The molecule has 3 aliphatic rings. The highest BCUT2D eigenvalue weighted by Crippen LogP contribution is 2.29. The third-order valence-corrected chi connectivity index (χ3v) is 8.48. The lowest BCUT2D eigenvalue weighted by Gasteiger charge is -2.39. The minimum Gasteiger partial charge on any atom is -0.497 e. The number of carbonyl (C=O) groups is 3. The van der Waals surface area contributed by atoms with Crippen molar-refractivity contribution in [3.05, 3.63) is 83.4 Å². The van der Waals surface area contributed by atoms with Gasteiger partial charge >= 0.3 is 0 Å². The summed E-state index contributed by atoms with van der Waals surface area (Å²) in [5.41, 5.74) is 2.35. The fourth-order valence-corrected chi connectivity index (χ4v) is 6.05. The average Bonchev–Trinajstić information content (AvgIpc) is 3.27. The second-order valence-electron chi connectivity index (χ2n) is 11.8.